The van der Waals surface area contributed by atoms with Gasteiger partial charge in [0.15, 0.2) is 0 Å². The molecule has 1 aromatic heterocycles. The molecule has 0 N–H and O–H groups in total. The normalized spacial score (nSPS) is 10.9. The van der Waals surface area contributed by atoms with Crippen molar-refractivity contribution < 1.29 is 9.47 Å². The van der Waals surface area contributed by atoms with Gasteiger partial charge in [-0.05, 0) is 18.1 Å². The standard InChI is InChI=1S/C16H19ClN2O2/c1-11(2)14-10-18-16(21-9-8-20-3)15(19-14)12-4-6-13(17)7-5-12/h4-7,10-11H,8-9H2,1-3H3. The van der Waals surface area contributed by atoms with E-state index in [0.29, 0.717) is 30.0 Å². The highest BCUT2D eigenvalue weighted by Crippen LogP contribution is 2.28. The molecular weight excluding hydrogens is 288 g/mol. The number of benzene rings is 1. The Morgan fingerprint density at radius 1 is 1.14 bits per heavy atom. The van der Waals surface area contributed by atoms with Crippen LogP contribution in [0.15, 0.2) is 30.5 Å². The maximum absolute atomic E-state index is 5.94. The minimum atomic E-state index is 0.302. The number of hydrogen-bond donors (Lipinski definition) is 0. The summed E-state index contributed by atoms with van der Waals surface area (Å²) in [5.74, 6) is 0.815. The van der Waals surface area contributed by atoms with Gasteiger partial charge >= 0.3 is 0 Å². The van der Waals surface area contributed by atoms with E-state index in [1.807, 2.05) is 24.3 Å². The van der Waals surface area contributed by atoms with Gasteiger partial charge in [-0.3, -0.25) is 0 Å². The third-order valence-corrected chi connectivity index (χ3v) is 3.24. The summed E-state index contributed by atoms with van der Waals surface area (Å²) in [6.07, 6.45) is 1.76. The fraction of sp³-hybridized carbons (Fsp3) is 0.375. The highest BCUT2D eigenvalue weighted by Gasteiger charge is 2.13. The molecule has 21 heavy (non-hydrogen) atoms. The average molecular weight is 307 g/mol. The van der Waals surface area contributed by atoms with Crippen molar-refractivity contribution in [3.63, 3.8) is 0 Å². The SMILES string of the molecule is COCCOc1ncc(C(C)C)nc1-c1ccc(Cl)cc1. The van der Waals surface area contributed by atoms with Gasteiger partial charge in [0.1, 0.15) is 12.3 Å². The first-order valence-electron chi connectivity index (χ1n) is 6.86. The molecule has 0 radical (unpaired) electrons. The molecule has 0 atom stereocenters. The topological polar surface area (TPSA) is 44.2 Å². The minimum absolute atomic E-state index is 0.302. The average Bonchev–Trinajstić information content (AvgIpc) is 2.48. The van der Waals surface area contributed by atoms with Crippen molar-refractivity contribution in [3.05, 3.63) is 41.2 Å². The largest absolute Gasteiger partial charge is 0.474 e. The zero-order valence-corrected chi connectivity index (χ0v) is 13.2. The van der Waals surface area contributed by atoms with Gasteiger partial charge in [0.2, 0.25) is 5.88 Å². The van der Waals surface area contributed by atoms with Crippen molar-refractivity contribution in [3.8, 4) is 17.1 Å². The molecule has 0 spiro atoms. The zero-order chi connectivity index (χ0) is 15.2. The molecule has 5 heteroatoms. The molecule has 0 fully saturated rings. The van der Waals surface area contributed by atoms with E-state index in [1.54, 1.807) is 13.3 Å². The molecule has 1 heterocycles. The van der Waals surface area contributed by atoms with E-state index >= 15 is 0 Å². The van der Waals surface area contributed by atoms with Crippen molar-refractivity contribution in [2.24, 2.45) is 0 Å². The Labute approximate surface area is 130 Å². The summed E-state index contributed by atoms with van der Waals surface area (Å²) in [5.41, 5.74) is 2.59. The summed E-state index contributed by atoms with van der Waals surface area (Å²) < 4.78 is 10.7. The molecule has 0 bridgehead atoms. The first kappa shape index (κ1) is 15.7. The summed E-state index contributed by atoms with van der Waals surface area (Å²) in [6.45, 7) is 5.11. The maximum atomic E-state index is 5.94. The lowest BCUT2D eigenvalue weighted by Gasteiger charge is -2.12. The van der Waals surface area contributed by atoms with Crippen molar-refractivity contribution in [1.29, 1.82) is 0 Å². The molecule has 2 aromatic rings. The first-order chi connectivity index (χ1) is 10.1. The third-order valence-electron chi connectivity index (χ3n) is 2.99. The predicted octanol–water partition coefficient (Wildman–Crippen LogP) is 3.95. The summed E-state index contributed by atoms with van der Waals surface area (Å²) in [5, 5.41) is 0.688. The van der Waals surface area contributed by atoms with E-state index in [0.717, 1.165) is 17.0 Å². The van der Waals surface area contributed by atoms with Crippen LogP contribution in [0.1, 0.15) is 25.5 Å². The van der Waals surface area contributed by atoms with Crippen LogP contribution in [0.25, 0.3) is 11.3 Å². The summed E-state index contributed by atoms with van der Waals surface area (Å²) in [4.78, 5) is 9.08. The molecular formula is C16H19ClN2O2. The Kier molecular flexibility index (Phi) is 5.53. The van der Waals surface area contributed by atoms with Crippen LogP contribution in [0.5, 0.6) is 5.88 Å². The van der Waals surface area contributed by atoms with Crippen LogP contribution < -0.4 is 4.74 Å². The minimum Gasteiger partial charge on any atom is -0.474 e. The van der Waals surface area contributed by atoms with Gasteiger partial charge in [0.25, 0.3) is 0 Å². The lowest BCUT2D eigenvalue weighted by atomic mass is 10.1. The van der Waals surface area contributed by atoms with Crippen LogP contribution >= 0.6 is 11.6 Å². The second-order valence-electron chi connectivity index (χ2n) is 4.95. The summed E-state index contributed by atoms with van der Waals surface area (Å²) in [7, 11) is 1.64. The lowest BCUT2D eigenvalue weighted by Crippen LogP contribution is -2.08. The van der Waals surface area contributed by atoms with Crippen LogP contribution in [0, 0.1) is 0 Å². The molecule has 0 aliphatic rings. The monoisotopic (exact) mass is 306 g/mol. The molecule has 0 saturated heterocycles. The van der Waals surface area contributed by atoms with Crippen molar-refractivity contribution in [2.45, 2.75) is 19.8 Å². The predicted molar refractivity (Wildman–Crippen MR) is 83.9 cm³/mol. The Hall–Kier alpha value is -1.65. The van der Waals surface area contributed by atoms with E-state index in [-0.39, 0.29) is 0 Å². The molecule has 0 unspecified atom stereocenters. The van der Waals surface area contributed by atoms with Crippen molar-refractivity contribution in [1.82, 2.24) is 9.97 Å². The van der Waals surface area contributed by atoms with Gasteiger partial charge in [0, 0.05) is 17.7 Å². The molecule has 1 aromatic carbocycles. The number of hydrogen-bond acceptors (Lipinski definition) is 4. The van der Waals surface area contributed by atoms with Crippen LogP contribution in [-0.2, 0) is 4.74 Å². The van der Waals surface area contributed by atoms with Crippen molar-refractivity contribution in [2.75, 3.05) is 20.3 Å². The number of nitrogens with zero attached hydrogens (tertiary/aromatic N) is 2. The fourth-order valence-corrected chi connectivity index (χ4v) is 1.92. The van der Waals surface area contributed by atoms with E-state index in [2.05, 4.69) is 23.8 Å². The second-order valence-corrected chi connectivity index (χ2v) is 5.39. The summed E-state index contributed by atoms with van der Waals surface area (Å²) >= 11 is 5.94. The Bertz CT molecular complexity index is 585. The highest BCUT2D eigenvalue weighted by atomic mass is 35.5. The number of ether oxygens (including phenoxy) is 2. The number of methoxy groups -OCH3 is 1. The fourth-order valence-electron chi connectivity index (χ4n) is 1.79. The molecule has 4 nitrogen and oxygen atoms in total. The maximum Gasteiger partial charge on any atom is 0.240 e. The highest BCUT2D eigenvalue weighted by molar-refractivity contribution is 6.30. The Morgan fingerprint density at radius 3 is 2.48 bits per heavy atom. The molecule has 112 valence electrons. The Balaban J connectivity index is 2.37. The third kappa shape index (κ3) is 4.16. The van der Waals surface area contributed by atoms with E-state index < -0.39 is 0 Å². The molecule has 0 saturated carbocycles. The van der Waals surface area contributed by atoms with Gasteiger partial charge in [-0.25, -0.2) is 9.97 Å². The summed E-state index contributed by atoms with van der Waals surface area (Å²) in [6, 6.07) is 7.50. The Morgan fingerprint density at radius 2 is 1.86 bits per heavy atom. The number of aromatic nitrogens is 2. The first-order valence-corrected chi connectivity index (χ1v) is 7.24. The van der Waals surface area contributed by atoms with E-state index in [4.69, 9.17) is 21.1 Å². The van der Waals surface area contributed by atoms with Crippen molar-refractivity contribution >= 4 is 11.6 Å². The zero-order valence-electron chi connectivity index (χ0n) is 12.5. The van der Waals surface area contributed by atoms with Crippen LogP contribution in [0.3, 0.4) is 0 Å². The quantitative estimate of drug-likeness (QED) is 0.758. The van der Waals surface area contributed by atoms with E-state index in [1.165, 1.54) is 0 Å². The lowest BCUT2D eigenvalue weighted by molar-refractivity contribution is 0.144. The van der Waals surface area contributed by atoms with Gasteiger partial charge in [-0.1, -0.05) is 37.6 Å². The molecule has 0 aliphatic heterocycles. The molecule has 0 amide bonds. The van der Waals surface area contributed by atoms with Gasteiger partial charge < -0.3 is 9.47 Å². The van der Waals surface area contributed by atoms with Crippen LogP contribution in [0.2, 0.25) is 5.02 Å². The van der Waals surface area contributed by atoms with Crippen LogP contribution in [0.4, 0.5) is 0 Å². The van der Waals surface area contributed by atoms with E-state index in [9.17, 15) is 0 Å². The van der Waals surface area contributed by atoms with Crippen LogP contribution in [-0.4, -0.2) is 30.3 Å². The second kappa shape index (κ2) is 7.38. The number of halogens is 1. The van der Waals surface area contributed by atoms with Gasteiger partial charge in [0.05, 0.1) is 18.5 Å². The van der Waals surface area contributed by atoms with Gasteiger partial charge in [-0.2, -0.15) is 0 Å². The number of rotatable bonds is 6. The molecule has 0 aliphatic carbocycles. The smallest absolute Gasteiger partial charge is 0.240 e. The van der Waals surface area contributed by atoms with Gasteiger partial charge in [-0.15, -0.1) is 0 Å². The molecule has 2 rings (SSSR count).